The van der Waals surface area contributed by atoms with Crippen molar-refractivity contribution in [1.29, 1.82) is 0 Å². The third-order valence-electron chi connectivity index (χ3n) is 3.03. The lowest BCUT2D eigenvalue weighted by Crippen LogP contribution is -2.14. The van der Waals surface area contributed by atoms with Gasteiger partial charge >= 0.3 is 0 Å². The van der Waals surface area contributed by atoms with Crippen molar-refractivity contribution < 1.29 is 4.42 Å². The molecule has 18 heavy (non-hydrogen) atoms. The zero-order valence-corrected chi connectivity index (χ0v) is 11.5. The van der Waals surface area contributed by atoms with Gasteiger partial charge in [0.25, 0.3) is 0 Å². The first-order chi connectivity index (χ1) is 8.70. The number of aryl methyl sites for hydroxylation is 1. The van der Waals surface area contributed by atoms with E-state index in [1.54, 1.807) is 0 Å². The van der Waals surface area contributed by atoms with Crippen LogP contribution in [0.1, 0.15) is 44.6 Å². The lowest BCUT2D eigenvalue weighted by atomic mass is 10.1. The van der Waals surface area contributed by atoms with Crippen molar-refractivity contribution >= 4 is 11.1 Å². The number of fused-ring (bicyclic) bond motifs is 1. The van der Waals surface area contributed by atoms with Crippen molar-refractivity contribution in [3.8, 4) is 0 Å². The summed E-state index contributed by atoms with van der Waals surface area (Å²) in [6.45, 7) is 8.44. The normalized spacial score (nSPS) is 11.6. The van der Waals surface area contributed by atoms with Crippen molar-refractivity contribution in [3.63, 3.8) is 0 Å². The molecule has 0 aliphatic carbocycles. The summed E-state index contributed by atoms with van der Waals surface area (Å²) < 4.78 is 5.77. The first-order valence-corrected chi connectivity index (χ1v) is 6.80. The monoisotopic (exact) mass is 246 g/mol. The van der Waals surface area contributed by atoms with Crippen molar-refractivity contribution in [3.05, 3.63) is 29.7 Å². The third kappa shape index (κ3) is 3.10. The fourth-order valence-electron chi connectivity index (χ4n) is 1.98. The molecular weight excluding hydrogens is 224 g/mol. The van der Waals surface area contributed by atoms with Crippen molar-refractivity contribution in [1.82, 2.24) is 10.3 Å². The Hall–Kier alpha value is -1.35. The molecule has 0 spiro atoms. The maximum atomic E-state index is 5.77. The van der Waals surface area contributed by atoms with Gasteiger partial charge in [-0.15, -0.1) is 0 Å². The highest BCUT2D eigenvalue weighted by atomic mass is 16.3. The summed E-state index contributed by atoms with van der Waals surface area (Å²) in [7, 11) is 0. The molecule has 1 aromatic heterocycles. The minimum Gasteiger partial charge on any atom is -0.440 e. The number of nitrogens with one attached hydrogen (secondary N) is 1. The van der Waals surface area contributed by atoms with Gasteiger partial charge in [0, 0.05) is 5.92 Å². The molecule has 0 aliphatic heterocycles. The van der Waals surface area contributed by atoms with Gasteiger partial charge < -0.3 is 9.73 Å². The van der Waals surface area contributed by atoms with Crippen LogP contribution >= 0.6 is 0 Å². The molecule has 3 heteroatoms. The Balaban J connectivity index is 2.07. The average Bonchev–Trinajstić information content (AvgIpc) is 2.78. The Morgan fingerprint density at radius 3 is 2.89 bits per heavy atom. The number of rotatable bonds is 6. The van der Waals surface area contributed by atoms with E-state index in [-0.39, 0.29) is 0 Å². The Kier molecular flexibility index (Phi) is 4.37. The predicted octanol–water partition coefficient (Wildman–Crippen LogP) is 3.49. The van der Waals surface area contributed by atoms with Crippen LogP contribution in [0.4, 0.5) is 0 Å². The van der Waals surface area contributed by atoms with Gasteiger partial charge in [-0.2, -0.15) is 0 Å². The molecule has 0 saturated heterocycles. The molecule has 0 radical (unpaired) electrons. The SMILES string of the molecule is CCNCCCc1ccc2nc(C(C)C)oc2c1. The molecule has 0 amide bonds. The van der Waals surface area contributed by atoms with Crippen molar-refractivity contribution in [2.75, 3.05) is 13.1 Å². The molecule has 0 aliphatic rings. The molecule has 3 nitrogen and oxygen atoms in total. The van der Waals surface area contributed by atoms with E-state index >= 15 is 0 Å². The van der Waals surface area contributed by atoms with E-state index < -0.39 is 0 Å². The molecular formula is C15H22N2O. The van der Waals surface area contributed by atoms with E-state index in [0.717, 1.165) is 42.9 Å². The maximum Gasteiger partial charge on any atom is 0.198 e. The smallest absolute Gasteiger partial charge is 0.198 e. The summed E-state index contributed by atoms with van der Waals surface area (Å²) in [4.78, 5) is 4.48. The first-order valence-electron chi connectivity index (χ1n) is 6.80. The van der Waals surface area contributed by atoms with Crippen LogP contribution < -0.4 is 5.32 Å². The van der Waals surface area contributed by atoms with Crippen molar-refractivity contribution in [2.24, 2.45) is 0 Å². The molecule has 0 unspecified atom stereocenters. The molecule has 1 N–H and O–H groups in total. The van der Waals surface area contributed by atoms with Gasteiger partial charge in [-0.1, -0.05) is 26.8 Å². The summed E-state index contributed by atoms with van der Waals surface area (Å²) in [5.74, 6) is 1.17. The molecule has 1 aromatic carbocycles. The van der Waals surface area contributed by atoms with Gasteiger partial charge in [-0.25, -0.2) is 4.98 Å². The quantitative estimate of drug-likeness (QED) is 0.793. The third-order valence-corrected chi connectivity index (χ3v) is 3.03. The number of aromatic nitrogens is 1. The van der Waals surface area contributed by atoms with Gasteiger partial charge in [0.05, 0.1) is 0 Å². The van der Waals surface area contributed by atoms with E-state index in [9.17, 15) is 0 Å². The van der Waals surface area contributed by atoms with Crippen LogP contribution in [0, 0.1) is 0 Å². The average molecular weight is 246 g/mol. The Bertz CT molecular complexity index is 502. The van der Waals surface area contributed by atoms with E-state index in [1.165, 1.54) is 5.56 Å². The Morgan fingerprint density at radius 1 is 1.33 bits per heavy atom. The van der Waals surface area contributed by atoms with Gasteiger partial charge in [0.2, 0.25) is 0 Å². The lowest BCUT2D eigenvalue weighted by Gasteiger charge is -2.01. The number of oxazole rings is 1. The van der Waals surface area contributed by atoms with Gasteiger partial charge in [0.15, 0.2) is 11.5 Å². The molecule has 98 valence electrons. The van der Waals surface area contributed by atoms with Gasteiger partial charge in [-0.3, -0.25) is 0 Å². The molecule has 0 saturated carbocycles. The van der Waals surface area contributed by atoms with Crippen LogP contribution in [0.15, 0.2) is 22.6 Å². The molecule has 0 bridgehead atoms. The second-order valence-corrected chi connectivity index (χ2v) is 4.97. The van der Waals surface area contributed by atoms with E-state index in [4.69, 9.17) is 4.42 Å². The van der Waals surface area contributed by atoms with Crippen LogP contribution in [-0.4, -0.2) is 18.1 Å². The predicted molar refractivity (Wildman–Crippen MR) is 75.0 cm³/mol. The summed E-state index contributed by atoms with van der Waals surface area (Å²) >= 11 is 0. The van der Waals surface area contributed by atoms with Crippen LogP contribution in [-0.2, 0) is 6.42 Å². The number of hydrogen-bond acceptors (Lipinski definition) is 3. The topological polar surface area (TPSA) is 38.1 Å². The largest absolute Gasteiger partial charge is 0.440 e. The van der Waals surface area contributed by atoms with Crippen LogP contribution in [0.25, 0.3) is 11.1 Å². The summed E-state index contributed by atoms with van der Waals surface area (Å²) in [6, 6.07) is 6.34. The summed E-state index contributed by atoms with van der Waals surface area (Å²) in [5.41, 5.74) is 3.21. The molecule has 0 fully saturated rings. The zero-order chi connectivity index (χ0) is 13.0. The lowest BCUT2D eigenvalue weighted by molar-refractivity contribution is 0.501. The van der Waals surface area contributed by atoms with E-state index in [0.29, 0.717) is 5.92 Å². The fourth-order valence-corrected chi connectivity index (χ4v) is 1.98. The van der Waals surface area contributed by atoms with Gasteiger partial charge in [-0.05, 0) is 43.6 Å². The second-order valence-electron chi connectivity index (χ2n) is 4.97. The standard InChI is InChI=1S/C15H22N2O/c1-4-16-9-5-6-12-7-8-13-14(10-12)18-15(17-13)11(2)3/h7-8,10-11,16H,4-6,9H2,1-3H3. The van der Waals surface area contributed by atoms with Crippen LogP contribution in [0.5, 0.6) is 0 Å². The molecule has 2 rings (SSSR count). The highest BCUT2D eigenvalue weighted by Gasteiger charge is 2.09. The van der Waals surface area contributed by atoms with Crippen molar-refractivity contribution in [2.45, 2.75) is 39.5 Å². The highest BCUT2D eigenvalue weighted by Crippen LogP contribution is 2.22. The van der Waals surface area contributed by atoms with E-state index in [1.807, 2.05) is 0 Å². The summed E-state index contributed by atoms with van der Waals surface area (Å²) in [5, 5.41) is 3.34. The van der Waals surface area contributed by atoms with Crippen LogP contribution in [0.2, 0.25) is 0 Å². The van der Waals surface area contributed by atoms with Crippen LogP contribution in [0.3, 0.4) is 0 Å². The Morgan fingerprint density at radius 2 is 2.17 bits per heavy atom. The zero-order valence-electron chi connectivity index (χ0n) is 11.5. The fraction of sp³-hybridized carbons (Fsp3) is 0.533. The summed E-state index contributed by atoms with van der Waals surface area (Å²) in [6.07, 6.45) is 2.24. The maximum absolute atomic E-state index is 5.77. The number of hydrogen-bond donors (Lipinski definition) is 1. The van der Waals surface area contributed by atoms with E-state index in [2.05, 4.69) is 49.3 Å². The number of benzene rings is 1. The first kappa shape index (κ1) is 13.1. The second kappa shape index (κ2) is 6.01. The molecule has 2 aromatic rings. The highest BCUT2D eigenvalue weighted by molar-refractivity contribution is 5.73. The molecule has 0 atom stereocenters. The minimum atomic E-state index is 0.342. The minimum absolute atomic E-state index is 0.342. The van der Waals surface area contributed by atoms with Gasteiger partial charge in [0.1, 0.15) is 5.52 Å². The number of nitrogens with zero attached hydrogens (tertiary/aromatic N) is 1. The Labute approximate surface area is 109 Å². The molecule has 1 heterocycles.